The van der Waals surface area contributed by atoms with Gasteiger partial charge in [-0.2, -0.15) is 0 Å². The molecule has 5 heteroatoms. The van der Waals surface area contributed by atoms with Crippen molar-refractivity contribution in [2.24, 2.45) is 0 Å². The fraction of sp³-hybridized carbons (Fsp3) is 0.154. The van der Waals surface area contributed by atoms with Crippen LogP contribution in [-0.2, 0) is 0 Å². The lowest BCUT2D eigenvalue weighted by molar-refractivity contribution is 0.873. The molecule has 1 unspecified atom stereocenters. The maximum Gasteiger partial charge on any atom is 0.140 e. The van der Waals surface area contributed by atoms with Gasteiger partial charge in [0.15, 0.2) is 0 Å². The number of rotatable bonds is 3. The van der Waals surface area contributed by atoms with Crippen LogP contribution in [-0.4, -0.2) is 4.98 Å². The smallest absolute Gasteiger partial charge is 0.140 e. The Morgan fingerprint density at radius 3 is 2.61 bits per heavy atom. The summed E-state index contributed by atoms with van der Waals surface area (Å²) >= 11 is 9.30. The molecule has 0 aliphatic carbocycles. The summed E-state index contributed by atoms with van der Waals surface area (Å²) in [6, 6.07) is 9.69. The number of anilines is 2. The molecule has 18 heavy (non-hydrogen) atoms. The highest BCUT2D eigenvalue weighted by Crippen LogP contribution is 2.26. The van der Waals surface area contributed by atoms with Crippen molar-refractivity contribution in [3.63, 3.8) is 0 Å². The van der Waals surface area contributed by atoms with Crippen molar-refractivity contribution >= 4 is 39.0 Å². The number of nitrogens with one attached hydrogen (secondary N) is 1. The number of nitrogens with zero attached hydrogens (tertiary/aromatic N) is 1. The maximum atomic E-state index is 5.87. The first-order valence-corrected chi connectivity index (χ1v) is 6.66. The van der Waals surface area contributed by atoms with Crippen LogP contribution in [0.15, 0.2) is 41.0 Å². The second-order valence-corrected chi connectivity index (χ2v) is 5.31. The van der Waals surface area contributed by atoms with Crippen molar-refractivity contribution in [2.75, 3.05) is 11.1 Å². The molecule has 0 spiro atoms. The molecular weight excluding hydrogens is 314 g/mol. The minimum atomic E-state index is 0.134. The maximum absolute atomic E-state index is 5.87. The van der Waals surface area contributed by atoms with E-state index in [1.807, 2.05) is 30.3 Å². The summed E-state index contributed by atoms with van der Waals surface area (Å²) in [5, 5.41) is 4.05. The summed E-state index contributed by atoms with van der Waals surface area (Å²) in [5.41, 5.74) is 7.43. The molecule has 0 aliphatic rings. The Balaban J connectivity index is 2.15. The minimum Gasteiger partial charge on any atom is -0.397 e. The lowest BCUT2D eigenvalue weighted by atomic mass is 10.1. The van der Waals surface area contributed by atoms with Crippen molar-refractivity contribution in [1.29, 1.82) is 0 Å². The number of pyridine rings is 1. The van der Waals surface area contributed by atoms with E-state index in [0.29, 0.717) is 5.69 Å². The first-order chi connectivity index (χ1) is 8.56. The predicted octanol–water partition coefficient (Wildman–Crippen LogP) is 4.25. The lowest BCUT2D eigenvalue weighted by Gasteiger charge is -2.16. The van der Waals surface area contributed by atoms with E-state index in [1.54, 1.807) is 6.20 Å². The summed E-state index contributed by atoms with van der Waals surface area (Å²) in [6.45, 7) is 2.06. The Bertz CT molecular complexity index is 542. The normalized spacial score (nSPS) is 12.2. The predicted molar refractivity (Wildman–Crippen MR) is 79.8 cm³/mol. The third kappa shape index (κ3) is 3.15. The van der Waals surface area contributed by atoms with Crippen molar-refractivity contribution in [3.8, 4) is 0 Å². The van der Waals surface area contributed by atoms with Gasteiger partial charge in [-0.1, -0.05) is 23.7 Å². The first-order valence-electron chi connectivity index (χ1n) is 5.49. The van der Waals surface area contributed by atoms with Gasteiger partial charge in [-0.3, -0.25) is 0 Å². The number of aromatic nitrogens is 1. The Hall–Kier alpha value is -1.26. The number of halogens is 2. The first kappa shape index (κ1) is 13.2. The van der Waals surface area contributed by atoms with Crippen LogP contribution in [0, 0.1) is 0 Å². The van der Waals surface area contributed by atoms with Crippen LogP contribution in [0.5, 0.6) is 0 Å². The van der Waals surface area contributed by atoms with Crippen LogP contribution < -0.4 is 11.1 Å². The highest BCUT2D eigenvalue weighted by Gasteiger charge is 2.08. The second-order valence-electron chi connectivity index (χ2n) is 4.02. The SMILES string of the molecule is CC(Nc1ncc(N)cc1Br)c1ccc(Cl)cc1. The van der Waals surface area contributed by atoms with E-state index < -0.39 is 0 Å². The van der Waals surface area contributed by atoms with E-state index in [9.17, 15) is 0 Å². The Kier molecular flexibility index (Phi) is 4.09. The molecule has 0 saturated carbocycles. The van der Waals surface area contributed by atoms with E-state index in [2.05, 4.69) is 33.2 Å². The van der Waals surface area contributed by atoms with Crippen molar-refractivity contribution < 1.29 is 0 Å². The second kappa shape index (κ2) is 5.59. The largest absolute Gasteiger partial charge is 0.397 e. The van der Waals surface area contributed by atoms with Gasteiger partial charge in [0.1, 0.15) is 5.82 Å². The van der Waals surface area contributed by atoms with Crippen LogP contribution in [0.2, 0.25) is 5.02 Å². The van der Waals surface area contributed by atoms with Crippen LogP contribution in [0.1, 0.15) is 18.5 Å². The Labute approximate surface area is 119 Å². The van der Waals surface area contributed by atoms with Crippen LogP contribution in [0.25, 0.3) is 0 Å². The van der Waals surface area contributed by atoms with Crippen LogP contribution in [0.4, 0.5) is 11.5 Å². The van der Waals surface area contributed by atoms with Gasteiger partial charge in [-0.05, 0) is 46.6 Å². The quantitative estimate of drug-likeness (QED) is 0.886. The third-order valence-electron chi connectivity index (χ3n) is 2.59. The van der Waals surface area contributed by atoms with Crippen LogP contribution in [0.3, 0.4) is 0 Å². The lowest BCUT2D eigenvalue weighted by Crippen LogP contribution is -2.08. The van der Waals surface area contributed by atoms with E-state index in [0.717, 1.165) is 20.9 Å². The summed E-state index contributed by atoms with van der Waals surface area (Å²) in [4.78, 5) is 4.25. The van der Waals surface area contributed by atoms with Gasteiger partial charge in [0.25, 0.3) is 0 Å². The van der Waals surface area contributed by atoms with E-state index >= 15 is 0 Å². The third-order valence-corrected chi connectivity index (χ3v) is 3.44. The number of benzene rings is 1. The van der Waals surface area contributed by atoms with Crippen molar-refractivity contribution in [1.82, 2.24) is 4.98 Å². The van der Waals surface area contributed by atoms with Gasteiger partial charge in [0, 0.05) is 11.1 Å². The van der Waals surface area contributed by atoms with Gasteiger partial charge in [0.2, 0.25) is 0 Å². The van der Waals surface area contributed by atoms with Gasteiger partial charge < -0.3 is 11.1 Å². The standard InChI is InChI=1S/C13H13BrClN3/c1-8(9-2-4-10(15)5-3-9)18-13-12(14)6-11(16)7-17-13/h2-8H,16H2,1H3,(H,17,18). The molecule has 3 N–H and O–H groups in total. The molecule has 94 valence electrons. The summed E-state index contributed by atoms with van der Waals surface area (Å²) < 4.78 is 0.850. The average Bonchev–Trinajstić information content (AvgIpc) is 2.33. The molecule has 2 rings (SSSR count). The fourth-order valence-electron chi connectivity index (χ4n) is 1.60. The van der Waals surface area contributed by atoms with E-state index in [1.165, 1.54) is 0 Å². The minimum absolute atomic E-state index is 0.134. The highest BCUT2D eigenvalue weighted by atomic mass is 79.9. The summed E-state index contributed by atoms with van der Waals surface area (Å²) in [7, 11) is 0. The van der Waals surface area contributed by atoms with Gasteiger partial charge in [-0.15, -0.1) is 0 Å². The van der Waals surface area contributed by atoms with Crippen molar-refractivity contribution in [2.45, 2.75) is 13.0 Å². The molecule has 0 saturated heterocycles. The zero-order chi connectivity index (χ0) is 13.1. The summed E-state index contributed by atoms with van der Waals surface area (Å²) in [6.07, 6.45) is 1.63. The zero-order valence-corrected chi connectivity index (χ0v) is 12.2. The molecule has 0 radical (unpaired) electrons. The molecule has 0 aliphatic heterocycles. The highest BCUT2D eigenvalue weighted by molar-refractivity contribution is 9.10. The molecule has 0 bridgehead atoms. The Morgan fingerprint density at radius 2 is 2.00 bits per heavy atom. The monoisotopic (exact) mass is 325 g/mol. The van der Waals surface area contributed by atoms with E-state index in [4.69, 9.17) is 17.3 Å². The molecule has 1 aromatic heterocycles. The molecule has 3 nitrogen and oxygen atoms in total. The average molecular weight is 327 g/mol. The fourth-order valence-corrected chi connectivity index (χ4v) is 2.21. The van der Waals surface area contributed by atoms with Crippen molar-refractivity contribution in [3.05, 3.63) is 51.6 Å². The van der Waals surface area contributed by atoms with Gasteiger partial charge >= 0.3 is 0 Å². The topological polar surface area (TPSA) is 50.9 Å². The Morgan fingerprint density at radius 1 is 1.33 bits per heavy atom. The molecule has 0 amide bonds. The number of hydrogen-bond donors (Lipinski definition) is 2. The zero-order valence-electron chi connectivity index (χ0n) is 9.82. The molecule has 1 aromatic carbocycles. The van der Waals surface area contributed by atoms with Gasteiger partial charge in [-0.25, -0.2) is 4.98 Å². The molecule has 1 atom stereocenters. The van der Waals surface area contributed by atoms with Crippen LogP contribution >= 0.6 is 27.5 Å². The molecule has 1 heterocycles. The number of nitrogens with two attached hydrogens (primary N) is 1. The number of hydrogen-bond acceptors (Lipinski definition) is 3. The molecular formula is C13H13BrClN3. The number of nitrogen functional groups attached to an aromatic ring is 1. The molecule has 0 fully saturated rings. The van der Waals surface area contributed by atoms with Gasteiger partial charge in [0.05, 0.1) is 16.4 Å². The molecule has 2 aromatic rings. The van der Waals surface area contributed by atoms with E-state index in [-0.39, 0.29) is 6.04 Å². The summed E-state index contributed by atoms with van der Waals surface area (Å²) in [5.74, 6) is 0.770.